The molecule has 0 fully saturated rings. The Bertz CT molecular complexity index is 453. The van der Waals surface area contributed by atoms with Gasteiger partial charge in [0.1, 0.15) is 5.69 Å². The van der Waals surface area contributed by atoms with Crippen LogP contribution < -0.4 is 5.43 Å². The molecule has 78 valence electrons. The summed E-state index contributed by atoms with van der Waals surface area (Å²) >= 11 is 1.41. The predicted molar refractivity (Wildman–Crippen MR) is 59.7 cm³/mol. The minimum absolute atomic E-state index is 0.182. The second-order valence-corrected chi connectivity index (χ2v) is 3.98. The predicted octanol–water partition coefficient (Wildman–Crippen LogP) is 1.95. The van der Waals surface area contributed by atoms with Crippen molar-refractivity contribution in [1.29, 1.82) is 0 Å². The number of carbonyl (C=O) groups is 1. The molecule has 0 aliphatic carbocycles. The van der Waals surface area contributed by atoms with Gasteiger partial charge in [0, 0.05) is 16.8 Å². The highest BCUT2D eigenvalue weighted by Gasteiger charge is 2.09. The fourth-order valence-electron chi connectivity index (χ4n) is 1.33. The molecule has 0 saturated carbocycles. The van der Waals surface area contributed by atoms with Gasteiger partial charge in [-0.1, -0.05) is 0 Å². The molecule has 1 N–H and O–H groups in total. The summed E-state index contributed by atoms with van der Waals surface area (Å²) in [5.41, 5.74) is 6.87. The van der Waals surface area contributed by atoms with Gasteiger partial charge in [0.05, 0.1) is 5.51 Å². The molecule has 0 radical (unpaired) electrons. The number of hydrogen-bond donors (Lipinski definition) is 1. The Morgan fingerprint density at radius 3 is 2.60 bits per heavy atom. The Hall–Kier alpha value is -1.62. The molecule has 2 aromatic heterocycles. The van der Waals surface area contributed by atoms with Crippen molar-refractivity contribution >= 4 is 17.2 Å². The monoisotopic (exact) mass is 221 g/mol. The quantitative estimate of drug-likeness (QED) is 0.842. The molecule has 0 saturated heterocycles. The van der Waals surface area contributed by atoms with Crippen LogP contribution in [-0.2, 0) is 0 Å². The van der Waals surface area contributed by atoms with Gasteiger partial charge in [0.15, 0.2) is 0 Å². The number of amides is 1. The summed E-state index contributed by atoms with van der Waals surface area (Å²) in [6.07, 6.45) is 0. The first kappa shape index (κ1) is 9.92. The number of rotatable bonds is 2. The maximum Gasteiger partial charge on any atom is 0.289 e. The number of nitrogens with one attached hydrogen (secondary N) is 1. The van der Waals surface area contributed by atoms with E-state index in [0.717, 1.165) is 11.4 Å². The average Bonchev–Trinajstić information content (AvgIpc) is 2.82. The van der Waals surface area contributed by atoms with E-state index in [1.54, 1.807) is 15.6 Å². The SMILES string of the molecule is Cc1ccc(C)n1NC(=O)c1cscn1. The Labute approximate surface area is 91.5 Å². The highest BCUT2D eigenvalue weighted by atomic mass is 32.1. The van der Waals surface area contributed by atoms with Crippen molar-refractivity contribution in [2.45, 2.75) is 13.8 Å². The van der Waals surface area contributed by atoms with Crippen LogP contribution in [0.2, 0.25) is 0 Å². The molecule has 0 bridgehead atoms. The van der Waals surface area contributed by atoms with E-state index in [-0.39, 0.29) is 5.91 Å². The van der Waals surface area contributed by atoms with E-state index in [4.69, 9.17) is 0 Å². The number of aromatic nitrogens is 2. The first-order valence-corrected chi connectivity index (χ1v) is 5.47. The van der Waals surface area contributed by atoms with E-state index in [1.807, 2.05) is 26.0 Å². The highest BCUT2D eigenvalue weighted by Crippen LogP contribution is 2.06. The van der Waals surface area contributed by atoms with Crippen molar-refractivity contribution in [3.63, 3.8) is 0 Å². The minimum atomic E-state index is -0.182. The maximum absolute atomic E-state index is 11.7. The minimum Gasteiger partial charge on any atom is -0.266 e. The Morgan fingerprint density at radius 1 is 1.40 bits per heavy atom. The second kappa shape index (κ2) is 3.86. The molecule has 2 aromatic rings. The van der Waals surface area contributed by atoms with Gasteiger partial charge in [-0.25, -0.2) is 4.98 Å². The summed E-state index contributed by atoms with van der Waals surface area (Å²) in [4.78, 5) is 15.6. The second-order valence-electron chi connectivity index (χ2n) is 3.27. The third kappa shape index (κ3) is 1.92. The highest BCUT2D eigenvalue weighted by molar-refractivity contribution is 7.07. The summed E-state index contributed by atoms with van der Waals surface area (Å²) < 4.78 is 1.75. The van der Waals surface area contributed by atoms with E-state index in [2.05, 4.69) is 10.4 Å². The Kier molecular flexibility index (Phi) is 2.55. The number of aryl methyl sites for hydroxylation is 2. The first-order chi connectivity index (χ1) is 7.18. The van der Waals surface area contributed by atoms with Gasteiger partial charge in [-0.15, -0.1) is 11.3 Å². The smallest absolute Gasteiger partial charge is 0.266 e. The molecule has 0 aliphatic rings. The average molecular weight is 221 g/mol. The van der Waals surface area contributed by atoms with Gasteiger partial charge in [-0.2, -0.15) is 0 Å². The normalized spacial score (nSPS) is 10.3. The zero-order chi connectivity index (χ0) is 10.8. The number of carbonyl (C=O) groups excluding carboxylic acids is 1. The first-order valence-electron chi connectivity index (χ1n) is 4.53. The zero-order valence-corrected chi connectivity index (χ0v) is 9.34. The summed E-state index contributed by atoms with van der Waals surface area (Å²) in [6, 6.07) is 3.91. The van der Waals surface area contributed by atoms with E-state index in [9.17, 15) is 4.79 Å². The van der Waals surface area contributed by atoms with Crippen LogP contribution in [0.3, 0.4) is 0 Å². The van der Waals surface area contributed by atoms with Gasteiger partial charge >= 0.3 is 0 Å². The molecule has 2 rings (SSSR count). The molecule has 0 aromatic carbocycles. The fraction of sp³-hybridized carbons (Fsp3) is 0.200. The number of hydrogen-bond acceptors (Lipinski definition) is 3. The van der Waals surface area contributed by atoms with Crippen molar-refractivity contribution in [2.75, 3.05) is 5.43 Å². The van der Waals surface area contributed by atoms with E-state index in [1.165, 1.54) is 11.3 Å². The largest absolute Gasteiger partial charge is 0.289 e. The van der Waals surface area contributed by atoms with Crippen molar-refractivity contribution in [1.82, 2.24) is 9.66 Å². The van der Waals surface area contributed by atoms with Gasteiger partial charge in [0.2, 0.25) is 0 Å². The van der Waals surface area contributed by atoms with Crippen LogP contribution >= 0.6 is 11.3 Å². The Morgan fingerprint density at radius 2 is 2.07 bits per heavy atom. The lowest BCUT2D eigenvalue weighted by Gasteiger charge is -2.09. The molecule has 0 spiro atoms. The lowest BCUT2D eigenvalue weighted by molar-refractivity contribution is 0.100. The standard InChI is InChI=1S/C10H11N3OS/c1-7-3-4-8(2)13(7)12-10(14)9-5-15-6-11-9/h3-6H,1-2H3,(H,12,14). The topological polar surface area (TPSA) is 46.9 Å². The lowest BCUT2D eigenvalue weighted by Crippen LogP contribution is -2.24. The molecule has 1 amide bonds. The van der Waals surface area contributed by atoms with E-state index in [0.29, 0.717) is 5.69 Å². The molecule has 0 unspecified atom stereocenters. The van der Waals surface area contributed by atoms with Crippen LogP contribution in [0, 0.1) is 13.8 Å². The van der Waals surface area contributed by atoms with E-state index < -0.39 is 0 Å². The molecule has 2 heterocycles. The van der Waals surface area contributed by atoms with Gasteiger partial charge in [-0.05, 0) is 26.0 Å². The van der Waals surface area contributed by atoms with Crippen molar-refractivity contribution < 1.29 is 4.79 Å². The van der Waals surface area contributed by atoms with Gasteiger partial charge in [-0.3, -0.25) is 14.9 Å². The molecule has 0 atom stereocenters. The van der Waals surface area contributed by atoms with Crippen molar-refractivity contribution in [3.8, 4) is 0 Å². The van der Waals surface area contributed by atoms with Crippen LogP contribution in [0.1, 0.15) is 21.9 Å². The number of nitrogens with zero attached hydrogens (tertiary/aromatic N) is 2. The molecular weight excluding hydrogens is 210 g/mol. The molecule has 0 aliphatic heterocycles. The fourth-order valence-corrected chi connectivity index (χ4v) is 1.86. The summed E-state index contributed by atoms with van der Waals surface area (Å²) in [5, 5.41) is 1.73. The lowest BCUT2D eigenvalue weighted by atomic mass is 10.5. The summed E-state index contributed by atoms with van der Waals surface area (Å²) in [7, 11) is 0. The van der Waals surface area contributed by atoms with Crippen LogP contribution in [-0.4, -0.2) is 15.6 Å². The third-order valence-electron chi connectivity index (χ3n) is 2.15. The van der Waals surface area contributed by atoms with Gasteiger partial charge in [0.25, 0.3) is 5.91 Å². The summed E-state index contributed by atoms with van der Waals surface area (Å²) in [6.45, 7) is 3.88. The molecule has 5 heteroatoms. The maximum atomic E-state index is 11.7. The van der Waals surface area contributed by atoms with Crippen LogP contribution in [0.4, 0.5) is 0 Å². The third-order valence-corrected chi connectivity index (χ3v) is 2.74. The molecule has 4 nitrogen and oxygen atoms in total. The van der Waals surface area contributed by atoms with Gasteiger partial charge < -0.3 is 0 Å². The molecule has 15 heavy (non-hydrogen) atoms. The Balaban J connectivity index is 2.20. The number of thiazole rings is 1. The van der Waals surface area contributed by atoms with Crippen molar-refractivity contribution in [3.05, 3.63) is 40.1 Å². The van der Waals surface area contributed by atoms with Crippen LogP contribution in [0.5, 0.6) is 0 Å². The van der Waals surface area contributed by atoms with E-state index >= 15 is 0 Å². The van der Waals surface area contributed by atoms with Crippen LogP contribution in [0.15, 0.2) is 23.0 Å². The zero-order valence-electron chi connectivity index (χ0n) is 8.52. The van der Waals surface area contributed by atoms with Crippen molar-refractivity contribution in [2.24, 2.45) is 0 Å². The summed E-state index contributed by atoms with van der Waals surface area (Å²) in [5.74, 6) is -0.182. The van der Waals surface area contributed by atoms with Crippen LogP contribution in [0.25, 0.3) is 0 Å². The molecular formula is C10H11N3OS.